The fourth-order valence-electron chi connectivity index (χ4n) is 1.33. The van der Waals surface area contributed by atoms with Gasteiger partial charge in [0.25, 0.3) is 0 Å². The van der Waals surface area contributed by atoms with Crippen LogP contribution in [0.5, 0.6) is 0 Å². The third kappa shape index (κ3) is 2.63. The molecule has 3 heteroatoms. The third-order valence-electron chi connectivity index (χ3n) is 2.58. The number of benzene rings is 1. The highest BCUT2D eigenvalue weighted by Crippen LogP contribution is 2.29. The second-order valence-corrected chi connectivity index (χ2v) is 4.42. The van der Waals surface area contributed by atoms with Gasteiger partial charge in [0.2, 0.25) is 0 Å². The Morgan fingerprint density at radius 1 is 1.36 bits per heavy atom. The van der Waals surface area contributed by atoms with Crippen molar-refractivity contribution in [1.82, 2.24) is 0 Å². The summed E-state index contributed by atoms with van der Waals surface area (Å²) in [6.45, 7) is 4.24. The van der Waals surface area contributed by atoms with E-state index in [1.807, 2.05) is 12.1 Å². The molecule has 0 fully saturated rings. The SMILES string of the molecule is CCC(C)[C@H](N)c1ccc(Cl)cc1Cl. The lowest BCUT2D eigenvalue weighted by molar-refractivity contribution is 0.457. The third-order valence-corrected chi connectivity index (χ3v) is 3.14. The maximum atomic E-state index is 6.07. The van der Waals surface area contributed by atoms with Crippen molar-refractivity contribution in [2.24, 2.45) is 11.7 Å². The predicted octanol–water partition coefficient (Wildman–Crippen LogP) is 4.04. The normalized spacial score (nSPS) is 15.2. The zero-order valence-electron chi connectivity index (χ0n) is 8.43. The molecule has 14 heavy (non-hydrogen) atoms. The first-order valence-corrected chi connectivity index (χ1v) is 5.52. The summed E-state index contributed by atoms with van der Waals surface area (Å²) in [5.41, 5.74) is 7.05. The molecule has 1 aromatic carbocycles. The average molecular weight is 232 g/mol. The molecule has 0 radical (unpaired) electrons. The van der Waals surface area contributed by atoms with Crippen LogP contribution in [0.25, 0.3) is 0 Å². The van der Waals surface area contributed by atoms with Gasteiger partial charge in [-0.05, 0) is 23.6 Å². The van der Waals surface area contributed by atoms with Gasteiger partial charge < -0.3 is 5.73 Å². The van der Waals surface area contributed by atoms with Crippen LogP contribution >= 0.6 is 23.2 Å². The van der Waals surface area contributed by atoms with E-state index in [9.17, 15) is 0 Å². The van der Waals surface area contributed by atoms with Crippen molar-refractivity contribution in [2.75, 3.05) is 0 Å². The summed E-state index contributed by atoms with van der Waals surface area (Å²) in [4.78, 5) is 0. The molecule has 1 nitrogen and oxygen atoms in total. The number of nitrogens with two attached hydrogens (primary N) is 1. The van der Waals surface area contributed by atoms with Crippen molar-refractivity contribution in [3.05, 3.63) is 33.8 Å². The van der Waals surface area contributed by atoms with Crippen molar-refractivity contribution in [3.63, 3.8) is 0 Å². The summed E-state index contributed by atoms with van der Waals surface area (Å²) in [5.74, 6) is 0.425. The minimum Gasteiger partial charge on any atom is -0.324 e. The lowest BCUT2D eigenvalue weighted by Gasteiger charge is -2.19. The summed E-state index contributed by atoms with van der Waals surface area (Å²) < 4.78 is 0. The monoisotopic (exact) mass is 231 g/mol. The molecule has 0 saturated heterocycles. The van der Waals surface area contributed by atoms with Crippen LogP contribution in [0.1, 0.15) is 31.9 Å². The molecular formula is C11H15Cl2N. The van der Waals surface area contributed by atoms with Crippen LogP contribution in [0, 0.1) is 5.92 Å². The minimum atomic E-state index is -0.00948. The van der Waals surface area contributed by atoms with Gasteiger partial charge in [-0.2, -0.15) is 0 Å². The second kappa shape index (κ2) is 5.01. The summed E-state index contributed by atoms with van der Waals surface area (Å²) >= 11 is 11.9. The van der Waals surface area contributed by atoms with Crippen molar-refractivity contribution in [1.29, 1.82) is 0 Å². The van der Waals surface area contributed by atoms with E-state index < -0.39 is 0 Å². The molecule has 1 rings (SSSR count). The molecule has 1 aromatic rings. The first-order chi connectivity index (χ1) is 6.56. The molecule has 78 valence electrons. The van der Waals surface area contributed by atoms with Gasteiger partial charge in [-0.15, -0.1) is 0 Å². The maximum Gasteiger partial charge on any atom is 0.0468 e. The highest BCUT2D eigenvalue weighted by Gasteiger charge is 2.15. The van der Waals surface area contributed by atoms with E-state index >= 15 is 0 Å². The second-order valence-electron chi connectivity index (χ2n) is 3.58. The summed E-state index contributed by atoms with van der Waals surface area (Å²) in [6, 6.07) is 5.46. The van der Waals surface area contributed by atoms with Crippen LogP contribution in [0.2, 0.25) is 10.0 Å². The molecule has 1 unspecified atom stereocenters. The predicted molar refractivity (Wildman–Crippen MR) is 62.8 cm³/mol. The molecule has 0 aliphatic carbocycles. The standard InChI is InChI=1S/C11H15Cl2N/c1-3-7(2)11(14)9-5-4-8(12)6-10(9)13/h4-7,11H,3,14H2,1-2H3/t7?,11-/m0/s1. The molecule has 0 aliphatic heterocycles. The van der Waals surface area contributed by atoms with Gasteiger partial charge in [-0.3, -0.25) is 0 Å². The van der Waals surface area contributed by atoms with Crippen LogP contribution in [-0.2, 0) is 0 Å². The smallest absolute Gasteiger partial charge is 0.0468 e. The van der Waals surface area contributed by atoms with Crippen LogP contribution in [0.15, 0.2) is 18.2 Å². The van der Waals surface area contributed by atoms with E-state index in [-0.39, 0.29) is 6.04 Å². The zero-order valence-corrected chi connectivity index (χ0v) is 9.94. The average Bonchev–Trinajstić information content (AvgIpc) is 2.15. The molecule has 0 heterocycles. The highest BCUT2D eigenvalue weighted by atomic mass is 35.5. The zero-order chi connectivity index (χ0) is 10.7. The van der Waals surface area contributed by atoms with Crippen LogP contribution in [0.4, 0.5) is 0 Å². The van der Waals surface area contributed by atoms with Crippen molar-refractivity contribution in [2.45, 2.75) is 26.3 Å². The Kier molecular flexibility index (Phi) is 4.24. The molecule has 2 atom stereocenters. The van der Waals surface area contributed by atoms with E-state index in [0.29, 0.717) is 16.0 Å². The summed E-state index contributed by atoms with van der Waals surface area (Å²) in [6.07, 6.45) is 1.04. The quantitative estimate of drug-likeness (QED) is 0.836. The Labute approximate surface area is 95.2 Å². The Morgan fingerprint density at radius 2 is 2.00 bits per heavy atom. The van der Waals surface area contributed by atoms with Gasteiger partial charge in [0, 0.05) is 16.1 Å². The van der Waals surface area contributed by atoms with E-state index in [1.54, 1.807) is 6.07 Å². The van der Waals surface area contributed by atoms with Crippen LogP contribution in [0.3, 0.4) is 0 Å². The maximum absolute atomic E-state index is 6.07. The lowest BCUT2D eigenvalue weighted by Crippen LogP contribution is -2.18. The summed E-state index contributed by atoms with van der Waals surface area (Å²) in [5, 5.41) is 1.31. The molecule has 2 N–H and O–H groups in total. The van der Waals surface area contributed by atoms with Crippen molar-refractivity contribution in [3.8, 4) is 0 Å². The first-order valence-electron chi connectivity index (χ1n) is 4.76. The van der Waals surface area contributed by atoms with Crippen LogP contribution < -0.4 is 5.73 Å². The Balaban J connectivity index is 2.95. The van der Waals surface area contributed by atoms with Gasteiger partial charge in [0.05, 0.1) is 0 Å². The number of rotatable bonds is 3. The first kappa shape index (κ1) is 11.8. The topological polar surface area (TPSA) is 26.0 Å². The summed E-state index contributed by atoms with van der Waals surface area (Å²) in [7, 11) is 0. The largest absolute Gasteiger partial charge is 0.324 e. The van der Waals surface area contributed by atoms with E-state index in [4.69, 9.17) is 28.9 Å². The lowest BCUT2D eigenvalue weighted by atomic mass is 9.93. The number of halogens is 2. The van der Waals surface area contributed by atoms with Gasteiger partial charge in [0.1, 0.15) is 0 Å². The van der Waals surface area contributed by atoms with Crippen molar-refractivity contribution >= 4 is 23.2 Å². The number of hydrogen-bond donors (Lipinski definition) is 1. The molecule has 0 saturated carbocycles. The highest BCUT2D eigenvalue weighted by molar-refractivity contribution is 6.35. The molecule has 0 bridgehead atoms. The Bertz CT molecular complexity index is 312. The molecule has 0 aliphatic rings. The molecule has 0 amide bonds. The number of hydrogen-bond acceptors (Lipinski definition) is 1. The molecule has 0 spiro atoms. The minimum absolute atomic E-state index is 0.00948. The van der Waals surface area contributed by atoms with Gasteiger partial charge >= 0.3 is 0 Å². The van der Waals surface area contributed by atoms with E-state index in [0.717, 1.165) is 12.0 Å². The Morgan fingerprint density at radius 3 is 2.50 bits per heavy atom. The van der Waals surface area contributed by atoms with E-state index in [2.05, 4.69) is 13.8 Å². The Hall–Kier alpha value is -0.240. The van der Waals surface area contributed by atoms with Gasteiger partial charge in [-0.25, -0.2) is 0 Å². The fourth-order valence-corrected chi connectivity index (χ4v) is 1.87. The molecule has 0 aromatic heterocycles. The van der Waals surface area contributed by atoms with Crippen LogP contribution in [-0.4, -0.2) is 0 Å². The van der Waals surface area contributed by atoms with Crippen molar-refractivity contribution < 1.29 is 0 Å². The van der Waals surface area contributed by atoms with E-state index in [1.165, 1.54) is 0 Å². The van der Waals surface area contributed by atoms with Gasteiger partial charge in [-0.1, -0.05) is 49.5 Å². The van der Waals surface area contributed by atoms with Gasteiger partial charge in [0.15, 0.2) is 0 Å². The fraction of sp³-hybridized carbons (Fsp3) is 0.455. The molecular weight excluding hydrogens is 217 g/mol.